The Kier molecular flexibility index (Phi) is 13.6. The van der Waals surface area contributed by atoms with Crippen LogP contribution in [-0.4, -0.2) is 55.2 Å². The van der Waals surface area contributed by atoms with Crippen LogP contribution in [0.5, 0.6) is 11.5 Å². The van der Waals surface area contributed by atoms with Gasteiger partial charge in [-0.15, -0.1) is 0 Å². The lowest BCUT2D eigenvalue weighted by molar-refractivity contribution is -0.253. The number of benzene rings is 4. The highest BCUT2D eigenvalue weighted by Gasteiger charge is 2.34. The van der Waals surface area contributed by atoms with Gasteiger partial charge >= 0.3 is 0 Å². The normalized spacial score (nSPS) is 18.4. The van der Waals surface area contributed by atoms with Gasteiger partial charge in [0.05, 0.1) is 44.4 Å². The number of carbonyl (C=O) groups is 2. The summed E-state index contributed by atoms with van der Waals surface area (Å²) in [6.45, 7) is 2.37. The Morgan fingerprint density at radius 3 is 2.22 bits per heavy atom. The van der Waals surface area contributed by atoms with E-state index in [4.69, 9.17) is 24.7 Å². The van der Waals surface area contributed by atoms with Crippen molar-refractivity contribution in [3.8, 4) is 11.5 Å². The Balaban J connectivity index is 1.04. The summed E-state index contributed by atoms with van der Waals surface area (Å²) in [6, 6.07) is 26.9. The number of aliphatic hydroxyl groups is 1. The summed E-state index contributed by atoms with van der Waals surface area (Å²) in [5, 5.41) is 15.5. The van der Waals surface area contributed by atoms with Gasteiger partial charge < -0.3 is 40.4 Å². The molecule has 54 heavy (non-hydrogen) atoms. The molecule has 0 aromatic heterocycles. The summed E-state index contributed by atoms with van der Waals surface area (Å²) in [5.74, 6) is 1.35. The second kappa shape index (κ2) is 18.9. The fraction of sp³-hybridized carbons (Fsp3) is 0.395. The Labute approximate surface area is 317 Å². The number of nitrogens with zero attached hydrogens (tertiary/aromatic N) is 1. The maximum Gasteiger partial charge on any atom is 0.224 e. The quantitative estimate of drug-likeness (QED) is 0.0688. The SMILES string of the molecule is COc1cc2c(cc1OC)CN(C[C@H]1C[C@@H](c3ccc(CO)cc3)O[C@@H](c3cccc(NC(=O)CCCCCCC(=O)Nc4ccccc4N)c3)O1)CC2. The van der Waals surface area contributed by atoms with Crippen molar-refractivity contribution >= 4 is 28.9 Å². The monoisotopic (exact) mass is 736 g/mol. The van der Waals surface area contributed by atoms with E-state index in [0.29, 0.717) is 36.3 Å². The second-order valence-corrected chi connectivity index (χ2v) is 14.0. The molecule has 6 rings (SSSR count). The van der Waals surface area contributed by atoms with Crippen LogP contribution in [0.1, 0.15) is 85.2 Å². The minimum atomic E-state index is -0.639. The first kappa shape index (κ1) is 38.8. The number of anilines is 3. The van der Waals surface area contributed by atoms with Crippen LogP contribution < -0.4 is 25.8 Å². The number of nitrogen functional groups attached to an aromatic ring is 1. The molecule has 2 heterocycles. The summed E-state index contributed by atoms with van der Waals surface area (Å²) in [6.07, 6.45) is 4.57. The average Bonchev–Trinajstić information content (AvgIpc) is 3.19. The van der Waals surface area contributed by atoms with Gasteiger partial charge in [0.15, 0.2) is 17.8 Å². The predicted molar refractivity (Wildman–Crippen MR) is 209 cm³/mol. The molecule has 0 unspecified atom stereocenters. The first-order valence-corrected chi connectivity index (χ1v) is 18.8. The molecule has 0 bridgehead atoms. The van der Waals surface area contributed by atoms with Crippen molar-refractivity contribution < 1.29 is 33.6 Å². The van der Waals surface area contributed by atoms with Crippen LogP contribution in [0, 0.1) is 0 Å². The molecule has 2 aliphatic heterocycles. The molecule has 0 saturated carbocycles. The number of carbonyl (C=O) groups excluding carboxylic acids is 2. The van der Waals surface area contributed by atoms with E-state index in [-0.39, 0.29) is 30.6 Å². The van der Waals surface area contributed by atoms with Gasteiger partial charge in [-0.1, -0.05) is 61.4 Å². The zero-order valence-corrected chi connectivity index (χ0v) is 31.2. The Morgan fingerprint density at radius 2 is 1.52 bits per heavy atom. The van der Waals surface area contributed by atoms with Gasteiger partial charge in [-0.3, -0.25) is 14.5 Å². The van der Waals surface area contributed by atoms with E-state index in [1.807, 2.05) is 60.7 Å². The van der Waals surface area contributed by atoms with Crippen LogP contribution in [0.3, 0.4) is 0 Å². The average molecular weight is 737 g/mol. The molecular formula is C43H52N4O7. The fourth-order valence-corrected chi connectivity index (χ4v) is 7.15. The summed E-state index contributed by atoms with van der Waals surface area (Å²) >= 11 is 0. The fourth-order valence-electron chi connectivity index (χ4n) is 7.15. The van der Waals surface area contributed by atoms with Gasteiger partial charge in [0, 0.05) is 50.1 Å². The molecule has 11 nitrogen and oxygen atoms in total. The van der Waals surface area contributed by atoms with E-state index in [0.717, 1.165) is 79.9 Å². The van der Waals surface area contributed by atoms with Crippen molar-refractivity contribution in [2.24, 2.45) is 0 Å². The molecule has 1 fully saturated rings. The molecular weight excluding hydrogens is 684 g/mol. The first-order valence-electron chi connectivity index (χ1n) is 18.8. The van der Waals surface area contributed by atoms with Gasteiger partial charge in [-0.05, 0) is 77.9 Å². The standard InChI is InChI=1S/C43H52N4O7/c1-51-39-23-31-20-21-47(26-33(31)24-40(39)52-2)27-35-25-38(30-18-16-29(28-48)17-19-30)54-43(53-35)32-10-9-11-34(22-32)45-41(49)14-5-3-4-6-15-42(50)46-37-13-8-7-12-36(37)44/h7-13,16-19,22-24,35,38,43,48H,3-6,14-15,20-21,25-28,44H2,1-2H3,(H,45,49)(H,46,50)/t35-,38+,43+/m1/s1. The third-order valence-electron chi connectivity index (χ3n) is 10.1. The molecule has 1 saturated heterocycles. The van der Waals surface area contributed by atoms with Gasteiger partial charge in [0.2, 0.25) is 11.8 Å². The zero-order chi connectivity index (χ0) is 37.9. The second-order valence-electron chi connectivity index (χ2n) is 14.0. The third kappa shape index (κ3) is 10.4. The number of nitrogens with two attached hydrogens (primary N) is 1. The van der Waals surface area contributed by atoms with Gasteiger partial charge in [-0.25, -0.2) is 0 Å². The van der Waals surface area contributed by atoms with Crippen molar-refractivity contribution in [1.82, 2.24) is 4.90 Å². The summed E-state index contributed by atoms with van der Waals surface area (Å²) in [4.78, 5) is 27.6. The first-order chi connectivity index (χ1) is 26.3. The molecule has 2 aliphatic rings. The van der Waals surface area contributed by atoms with Crippen molar-refractivity contribution in [2.75, 3.05) is 43.7 Å². The number of aliphatic hydroxyl groups excluding tert-OH is 1. The van der Waals surface area contributed by atoms with Crippen molar-refractivity contribution in [3.63, 3.8) is 0 Å². The maximum absolute atomic E-state index is 12.9. The smallest absolute Gasteiger partial charge is 0.224 e. The number of hydrogen-bond acceptors (Lipinski definition) is 9. The molecule has 0 aliphatic carbocycles. The summed E-state index contributed by atoms with van der Waals surface area (Å²) < 4.78 is 24.4. The van der Waals surface area contributed by atoms with Gasteiger partial charge in [0.1, 0.15) is 0 Å². The molecule has 4 aromatic carbocycles. The maximum atomic E-state index is 12.9. The number of rotatable bonds is 16. The lowest BCUT2D eigenvalue weighted by atomic mass is 9.97. The summed E-state index contributed by atoms with van der Waals surface area (Å²) in [7, 11) is 3.32. The minimum Gasteiger partial charge on any atom is -0.493 e. The highest BCUT2D eigenvalue weighted by atomic mass is 16.7. The lowest BCUT2D eigenvalue weighted by Crippen LogP contribution is -2.41. The number of fused-ring (bicyclic) bond motifs is 1. The number of amides is 2. The Morgan fingerprint density at radius 1 is 0.815 bits per heavy atom. The minimum absolute atomic E-state index is 0.0179. The van der Waals surface area contributed by atoms with Crippen molar-refractivity contribution in [2.45, 2.75) is 83.0 Å². The number of methoxy groups -OCH3 is 2. The van der Waals surface area contributed by atoms with E-state index in [1.165, 1.54) is 11.1 Å². The molecule has 286 valence electrons. The highest BCUT2D eigenvalue weighted by Crippen LogP contribution is 2.40. The van der Waals surface area contributed by atoms with Crippen LogP contribution in [0.2, 0.25) is 0 Å². The molecule has 5 N–H and O–H groups in total. The predicted octanol–water partition coefficient (Wildman–Crippen LogP) is 7.30. The summed E-state index contributed by atoms with van der Waals surface area (Å²) in [5.41, 5.74) is 13.0. The molecule has 3 atom stereocenters. The Bertz CT molecular complexity index is 1870. The topological polar surface area (TPSA) is 145 Å². The van der Waals surface area contributed by atoms with Crippen LogP contribution in [0.25, 0.3) is 0 Å². The number of hydrogen-bond donors (Lipinski definition) is 4. The van der Waals surface area contributed by atoms with Crippen molar-refractivity contribution in [1.29, 1.82) is 0 Å². The Hall–Kier alpha value is -4.94. The molecule has 0 spiro atoms. The van der Waals surface area contributed by atoms with Gasteiger partial charge in [-0.2, -0.15) is 0 Å². The van der Waals surface area contributed by atoms with Crippen LogP contribution in [0.4, 0.5) is 17.1 Å². The van der Waals surface area contributed by atoms with E-state index < -0.39 is 6.29 Å². The highest BCUT2D eigenvalue weighted by molar-refractivity contribution is 5.93. The molecule has 2 amide bonds. The number of para-hydroxylation sites is 2. The van der Waals surface area contributed by atoms with E-state index >= 15 is 0 Å². The van der Waals surface area contributed by atoms with Crippen molar-refractivity contribution in [3.05, 3.63) is 113 Å². The number of nitrogens with one attached hydrogen (secondary N) is 2. The largest absolute Gasteiger partial charge is 0.493 e. The van der Waals surface area contributed by atoms with Crippen LogP contribution in [0.15, 0.2) is 84.9 Å². The molecule has 11 heteroatoms. The number of unbranched alkanes of at least 4 members (excludes halogenated alkanes) is 3. The molecule has 0 radical (unpaired) electrons. The van der Waals surface area contributed by atoms with E-state index in [1.54, 1.807) is 26.4 Å². The van der Waals surface area contributed by atoms with Crippen LogP contribution in [-0.2, 0) is 38.6 Å². The van der Waals surface area contributed by atoms with E-state index in [2.05, 4.69) is 27.7 Å². The zero-order valence-electron chi connectivity index (χ0n) is 31.2. The van der Waals surface area contributed by atoms with Gasteiger partial charge in [0.25, 0.3) is 0 Å². The lowest BCUT2D eigenvalue weighted by Gasteiger charge is -2.39. The molecule has 4 aromatic rings. The number of ether oxygens (including phenoxy) is 4. The van der Waals surface area contributed by atoms with E-state index in [9.17, 15) is 14.7 Å². The third-order valence-corrected chi connectivity index (χ3v) is 10.1. The van der Waals surface area contributed by atoms with Crippen LogP contribution >= 0.6 is 0 Å².